The van der Waals surface area contributed by atoms with Crippen LogP contribution in [0.15, 0.2) is 28.0 Å². The summed E-state index contributed by atoms with van der Waals surface area (Å²) < 4.78 is 25.4. The zero-order chi connectivity index (χ0) is 25.7. The molecule has 0 aliphatic carbocycles. The Labute approximate surface area is 214 Å². The lowest BCUT2D eigenvalue weighted by Crippen LogP contribution is -2.40. The molecule has 1 aromatic carbocycles. The Morgan fingerprint density at radius 3 is 2.22 bits per heavy atom. The molecule has 3 aromatic rings. The molecule has 0 fully saturated rings. The quantitative estimate of drug-likeness (QED) is 0.268. The largest absolute Gasteiger partial charge is 0.493 e. The maximum absolute atomic E-state index is 13.1. The summed E-state index contributed by atoms with van der Waals surface area (Å²) in [7, 11) is 9.83. The number of nitrogens with zero attached hydrogens (tertiary/aromatic N) is 5. The molecule has 0 saturated carbocycles. The van der Waals surface area contributed by atoms with Crippen LogP contribution in [0, 0.1) is 0 Å². The summed E-state index contributed by atoms with van der Waals surface area (Å²) in [5.41, 5.74) is 0.0256. The molecule has 36 heavy (non-hydrogen) atoms. The zero-order valence-electron chi connectivity index (χ0n) is 21.3. The first kappa shape index (κ1) is 28.7. The first-order chi connectivity index (χ1) is 16.7. The fraction of sp³-hybridized carbons (Fsp3) is 0.478. The van der Waals surface area contributed by atoms with Crippen molar-refractivity contribution in [1.29, 1.82) is 0 Å². The summed E-state index contributed by atoms with van der Waals surface area (Å²) in [6.45, 7) is 1.36. The summed E-state index contributed by atoms with van der Waals surface area (Å²) in [6.07, 6.45) is 1.83. The van der Waals surface area contributed by atoms with Crippen molar-refractivity contribution < 1.29 is 23.7 Å². The van der Waals surface area contributed by atoms with E-state index >= 15 is 0 Å². The molecule has 0 saturated heterocycles. The van der Waals surface area contributed by atoms with Gasteiger partial charge in [-0.1, -0.05) is 0 Å². The average molecular weight is 526 g/mol. The van der Waals surface area contributed by atoms with Crippen molar-refractivity contribution in [1.82, 2.24) is 23.6 Å². The van der Waals surface area contributed by atoms with Crippen LogP contribution < -0.4 is 25.5 Å². The van der Waals surface area contributed by atoms with Gasteiger partial charge in [0.05, 0.1) is 39.8 Å². The van der Waals surface area contributed by atoms with Gasteiger partial charge in [-0.2, -0.15) is 0 Å². The number of ether oxygens (including phenoxy) is 4. The monoisotopic (exact) mass is 525 g/mol. The number of fused-ring (bicyclic) bond motifs is 1. The van der Waals surface area contributed by atoms with E-state index in [1.165, 1.54) is 38.0 Å². The van der Waals surface area contributed by atoms with E-state index in [4.69, 9.17) is 18.9 Å². The second-order valence-corrected chi connectivity index (χ2v) is 8.12. The number of methoxy groups -OCH3 is 3. The van der Waals surface area contributed by atoms with Gasteiger partial charge < -0.3 is 28.4 Å². The highest BCUT2D eigenvalue weighted by Gasteiger charge is 2.19. The van der Waals surface area contributed by atoms with Crippen LogP contribution in [0.1, 0.15) is 16.8 Å². The molecule has 0 amide bonds. The van der Waals surface area contributed by atoms with E-state index in [1.807, 2.05) is 19.0 Å². The van der Waals surface area contributed by atoms with Crippen molar-refractivity contribution >= 4 is 29.5 Å². The van der Waals surface area contributed by atoms with Crippen LogP contribution in [0.25, 0.3) is 11.2 Å². The van der Waals surface area contributed by atoms with Gasteiger partial charge in [-0.25, -0.2) is 14.6 Å². The lowest BCUT2D eigenvalue weighted by molar-refractivity contribution is 0.0494. The van der Waals surface area contributed by atoms with Crippen LogP contribution >= 0.6 is 12.4 Å². The van der Waals surface area contributed by atoms with Crippen molar-refractivity contribution in [2.24, 2.45) is 7.05 Å². The number of hydrogen-bond donors (Lipinski definition) is 0. The van der Waals surface area contributed by atoms with Gasteiger partial charge in [-0.3, -0.25) is 13.9 Å². The van der Waals surface area contributed by atoms with E-state index in [0.717, 1.165) is 4.57 Å². The van der Waals surface area contributed by atoms with Gasteiger partial charge in [-0.15, -0.1) is 12.4 Å². The van der Waals surface area contributed by atoms with E-state index in [-0.39, 0.29) is 37.5 Å². The fourth-order valence-electron chi connectivity index (χ4n) is 3.67. The van der Waals surface area contributed by atoms with Crippen molar-refractivity contribution in [3.63, 3.8) is 0 Å². The smallest absolute Gasteiger partial charge is 0.338 e. The summed E-state index contributed by atoms with van der Waals surface area (Å²) in [5, 5.41) is 0. The lowest BCUT2D eigenvalue weighted by Gasteiger charge is -2.14. The number of halogens is 1. The predicted molar refractivity (Wildman–Crippen MR) is 136 cm³/mol. The highest BCUT2D eigenvalue weighted by Crippen LogP contribution is 2.38. The molecule has 2 aromatic heterocycles. The summed E-state index contributed by atoms with van der Waals surface area (Å²) >= 11 is 0. The number of hydrogen-bond acceptors (Lipinski definition) is 9. The summed E-state index contributed by atoms with van der Waals surface area (Å²) in [6, 6.07) is 2.99. The molecule has 12 nitrogen and oxygen atoms in total. The molecule has 2 heterocycles. The second kappa shape index (κ2) is 12.5. The maximum Gasteiger partial charge on any atom is 0.338 e. The van der Waals surface area contributed by atoms with Crippen molar-refractivity contribution in [3.05, 3.63) is 44.9 Å². The van der Waals surface area contributed by atoms with E-state index in [2.05, 4.69) is 4.98 Å². The molecule has 0 radical (unpaired) electrons. The van der Waals surface area contributed by atoms with Gasteiger partial charge in [0.1, 0.15) is 0 Å². The van der Waals surface area contributed by atoms with E-state index in [9.17, 15) is 14.4 Å². The van der Waals surface area contributed by atoms with Crippen LogP contribution in [0.4, 0.5) is 0 Å². The first-order valence-electron chi connectivity index (χ1n) is 11.0. The fourth-order valence-corrected chi connectivity index (χ4v) is 3.67. The minimum Gasteiger partial charge on any atom is -0.493 e. The molecule has 3 rings (SSSR count). The number of rotatable bonds is 11. The van der Waals surface area contributed by atoms with Gasteiger partial charge in [0.15, 0.2) is 22.7 Å². The number of benzene rings is 1. The second-order valence-electron chi connectivity index (χ2n) is 8.12. The van der Waals surface area contributed by atoms with Crippen LogP contribution in [0.3, 0.4) is 0 Å². The third-order valence-electron chi connectivity index (χ3n) is 5.55. The Hall–Kier alpha value is -3.51. The Balaban J connectivity index is 0.00000456. The minimum atomic E-state index is -0.596. The van der Waals surface area contributed by atoms with E-state index < -0.39 is 17.2 Å². The molecule has 0 aliphatic rings. The van der Waals surface area contributed by atoms with Gasteiger partial charge in [0.2, 0.25) is 5.75 Å². The molecule has 0 N–H and O–H groups in total. The maximum atomic E-state index is 13.1. The summed E-state index contributed by atoms with van der Waals surface area (Å²) in [5.74, 6) is 0.421. The molecule has 0 spiro atoms. The molecule has 13 heteroatoms. The van der Waals surface area contributed by atoms with Gasteiger partial charge in [-0.05, 0) is 32.6 Å². The number of likely N-dealkylation sites (N-methyl/N-ethyl adjacent to an activating group) is 1. The van der Waals surface area contributed by atoms with Crippen molar-refractivity contribution in [2.45, 2.75) is 19.5 Å². The van der Waals surface area contributed by atoms with E-state index in [0.29, 0.717) is 41.5 Å². The number of imidazole rings is 1. The zero-order valence-corrected chi connectivity index (χ0v) is 22.1. The number of esters is 1. The molecule has 0 bridgehead atoms. The van der Waals surface area contributed by atoms with Crippen LogP contribution in [-0.2, 0) is 24.9 Å². The first-order valence-corrected chi connectivity index (χ1v) is 11.0. The van der Waals surface area contributed by atoms with Gasteiger partial charge in [0.25, 0.3) is 5.56 Å². The Bertz CT molecular complexity index is 1300. The van der Waals surface area contributed by atoms with Crippen molar-refractivity contribution in [2.75, 3.05) is 48.6 Å². The van der Waals surface area contributed by atoms with Crippen LogP contribution in [0.2, 0.25) is 0 Å². The Morgan fingerprint density at radius 1 is 1.03 bits per heavy atom. The lowest BCUT2D eigenvalue weighted by atomic mass is 10.2. The molecular formula is C23H32ClN5O7. The Morgan fingerprint density at radius 2 is 1.67 bits per heavy atom. The molecule has 0 unspecified atom stereocenters. The normalized spacial score (nSPS) is 10.9. The van der Waals surface area contributed by atoms with Crippen LogP contribution in [-0.4, -0.2) is 78.1 Å². The standard InChI is InChI=1S/C23H31N5O7.ClH/c1-25(2)9-10-27-14-24-20-18(27)21(29)28(23(31)26(20)3)8-7-11-35-22(30)15-12-16(32-4)19(34-6)17(13-15)33-5;/h12-14H,7-11H2,1-6H3;1H. The third kappa shape index (κ3) is 5.82. The topological polar surface area (TPSA) is 119 Å². The summed E-state index contributed by atoms with van der Waals surface area (Å²) in [4.78, 5) is 44.7. The highest BCUT2D eigenvalue weighted by atomic mass is 35.5. The number of aryl methyl sites for hydroxylation is 1. The van der Waals surface area contributed by atoms with Crippen LogP contribution in [0.5, 0.6) is 17.2 Å². The Kier molecular flexibility index (Phi) is 9.93. The number of aromatic nitrogens is 4. The number of carbonyl (C=O) groups excluding carboxylic acids is 1. The predicted octanol–water partition coefficient (Wildman–Crippen LogP) is 1.15. The number of carbonyl (C=O) groups is 1. The minimum absolute atomic E-state index is 0. The average Bonchev–Trinajstić information content (AvgIpc) is 3.28. The molecule has 0 atom stereocenters. The highest BCUT2D eigenvalue weighted by molar-refractivity contribution is 5.91. The molecule has 198 valence electrons. The molecular weight excluding hydrogens is 494 g/mol. The third-order valence-corrected chi connectivity index (χ3v) is 5.55. The van der Waals surface area contributed by atoms with E-state index in [1.54, 1.807) is 17.9 Å². The van der Waals surface area contributed by atoms with Crippen molar-refractivity contribution in [3.8, 4) is 17.2 Å². The molecule has 0 aliphatic heterocycles. The van der Waals surface area contributed by atoms with Gasteiger partial charge >= 0.3 is 11.7 Å². The van der Waals surface area contributed by atoms with Gasteiger partial charge in [0, 0.05) is 26.7 Å². The SMILES string of the molecule is COc1cc(C(=O)OCCCn2c(=O)c3c(ncn3CCN(C)C)n(C)c2=O)cc(OC)c1OC.Cl.